The molecule has 4 aliphatic rings. The first-order chi connectivity index (χ1) is 21.2. The monoisotopic (exact) mass is 598 g/mol. The summed E-state index contributed by atoms with van der Waals surface area (Å²) in [7, 11) is 0. The molecule has 44 heavy (non-hydrogen) atoms. The van der Waals surface area contributed by atoms with Gasteiger partial charge in [-0.1, -0.05) is 54.6 Å². The van der Waals surface area contributed by atoms with E-state index < -0.39 is 35.1 Å². The number of anilines is 2. The highest BCUT2D eigenvalue weighted by Crippen LogP contribution is 2.58. The Morgan fingerprint density at radius 1 is 0.909 bits per heavy atom. The van der Waals surface area contributed by atoms with Crippen molar-refractivity contribution < 1.29 is 24.2 Å². The van der Waals surface area contributed by atoms with Crippen LogP contribution in [-0.2, 0) is 25.7 Å². The zero-order valence-electron chi connectivity index (χ0n) is 25.9. The summed E-state index contributed by atoms with van der Waals surface area (Å²) in [6, 6.07) is 15.9. The molecule has 6 rings (SSSR count). The molecule has 2 saturated heterocycles. The number of nitrogens with zero attached hydrogens (tertiary/aromatic N) is 4. The van der Waals surface area contributed by atoms with Crippen LogP contribution in [0.5, 0.6) is 0 Å². The zero-order valence-corrected chi connectivity index (χ0v) is 25.9. The average molecular weight is 599 g/mol. The Balaban J connectivity index is 1.40. The minimum Gasteiger partial charge on any atom is -0.394 e. The van der Waals surface area contributed by atoms with Gasteiger partial charge in [0.1, 0.15) is 11.6 Å². The van der Waals surface area contributed by atoms with Crippen molar-refractivity contribution in [2.75, 3.05) is 42.6 Å². The highest BCUT2D eigenvalue weighted by Gasteiger charge is 2.75. The number of aliphatic hydroxyl groups excluding tert-OH is 1. The number of carbonyl (C=O) groups is 3. The van der Waals surface area contributed by atoms with Crippen LogP contribution >= 0.6 is 0 Å². The summed E-state index contributed by atoms with van der Waals surface area (Å²) >= 11 is 0. The Labute approximate surface area is 259 Å². The van der Waals surface area contributed by atoms with Crippen LogP contribution in [0.25, 0.3) is 0 Å². The number of hydrogen-bond acceptors (Lipinski definition) is 6. The Kier molecular flexibility index (Phi) is 7.88. The molecule has 0 saturated carbocycles. The topological polar surface area (TPSA) is 93.6 Å². The first kappa shape index (κ1) is 30.1. The van der Waals surface area contributed by atoms with E-state index in [4.69, 9.17) is 4.74 Å². The van der Waals surface area contributed by atoms with Gasteiger partial charge in [0, 0.05) is 44.1 Å². The molecule has 0 aromatic heterocycles. The van der Waals surface area contributed by atoms with E-state index in [1.165, 1.54) is 4.90 Å². The van der Waals surface area contributed by atoms with E-state index in [1.54, 1.807) is 16.7 Å². The number of fused-ring (bicyclic) bond motifs is 2. The van der Waals surface area contributed by atoms with E-state index in [2.05, 4.69) is 18.7 Å². The molecule has 9 nitrogen and oxygen atoms in total. The zero-order chi connectivity index (χ0) is 31.2. The molecule has 2 fully saturated rings. The number of aliphatic hydroxyl groups is 1. The molecule has 0 aliphatic carbocycles. The fraction of sp³-hybridized carbons (Fsp3) is 0.457. The van der Waals surface area contributed by atoms with Crippen LogP contribution in [0.1, 0.15) is 33.3 Å². The summed E-state index contributed by atoms with van der Waals surface area (Å²) in [6.07, 6.45) is 7.55. The van der Waals surface area contributed by atoms with Crippen molar-refractivity contribution in [1.82, 2.24) is 9.80 Å². The molecule has 3 amide bonds. The van der Waals surface area contributed by atoms with Crippen molar-refractivity contribution in [3.8, 4) is 0 Å². The van der Waals surface area contributed by atoms with Crippen molar-refractivity contribution >= 4 is 29.1 Å². The van der Waals surface area contributed by atoms with Gasteiger partial charge in [-0.3, -0.25) is 14.4 Å². The van der Waals surface area contributed by atoms with Crippen LogP contribution < -0.4 is 9.80 Å². The standard InChI is InChI=1S/C35H42N4O5/c1-5-36(6-2)26-14-16-27(17-15-26)38-21-11-19-35-29(32(42)39(24(3)23-40)30(35)33(38)43)28-31(41)37(20-10-18-34(28,4)44-35)22-25-12-8-7-9-13-25/h7-19,24,28-30,40H,5-6,20-23H2,1-4H3/t24-,28-,29+,30?,34+,35+/m1/s1. The van der Waals surface area contributed by atoms with Crippen LogP contribution in [0.3, 0.4) is 0 Å². The van der Waals surface area contributed by atoms with Crippen LogP contribution in [-0.4, -0.2) is 88.7 Å². The number of carbonyl (C=O) groups excluding carboxylic acids is 3. The number of amides is 3. The number of hydrogen-bond donors (Lipinski definition) is 1. The highest BCUT2D eigenvalue weighted by molar-refractivity contribution is 6.06. The van der Waals surface area contributed by atoms with E-state index in [0.29, 0.717) is 25.3 Å². The van der Waals surface area contributed by atoms with E-state index in [1.807, 2.05) is 85.8 Å². The lowest BCUT2D eigenvalue weighted by atomic mass is 9.74. The normalized spacial score (nSPS) is 30.2. The molecule has 4 heterocycles. The third-order valence-corrected chi connectivity index (χ3v) is 9.82. The van der Waals surface area contributed by atoms with Crippen molar-refractivity contribution in [1.29, 1.82) is 0 Å². The second-order valence-corrected chi connectivity index (χ2v) is 12.4. The second kappa shape index (κ2) is 11.5. The fourth-order valence-electron chi connectivity index (χ4n) is 7.68. The Bertz CT molecular complexity index is 1470. The smallest absolute Gasteiger partial charge is 0.253 e. The maximum Gasteiger partial charge on any atom is 0.253 e. The van der Waals surface area contributed by atoms with Gasteiger partial charge in [-0.2, -0.15) is 0 Å². The van der Waals surface area contributed by atoms with Crippen molar-refractivity contribution in [2.45, 2.75) is 57.5 Å². The minimum atomic E-state index is -1.37. The molecule has 1 unspecified atom stereocenters. The van der Waals surface area contributed by atoms with Gasteiger partial charge in [-0.15, -0.1) is 0 Å². The third kappa shape index (κ3) is 4.64. The van der Waals surface area contributed by atoms with Gasteiger partial charge in [0.25, 0.3) is 5.91 Å². The van der Waals surface area contributed by atoms with Crippen molar-refractivity contribution in [3.63, 3.8) is 0 Å². The molecule has 0 bridgehead atoms. The maximum absolute atomic E-state index is 14.6. The highest BCUT2D eigenvalue weighted by atomic mass is 16.5. The molecule has 6 atom stereocenters. The second-order valence-electron chi connectivity index (χ2n) is 12.4. The summed E-state index contributed by atoms with van der Waals surface area (Å²) in [4.78, 5) is 50.7. The van der Waals surface area contributed by atoms with Crippen LogP contribution in [0.4, 0.5) is 11.4 Å². The summed E-state index contributed by atoms with van der Waals surface area (Å²) in [5, 5.41) is 10.3. The van der Waals surface area contributed by atoms with E-state index >= 15 is 0 Å². The first-order valence-corrected chi connectivity index (χ1v) is 15.7. The predicted molar refractivity (Wildman–Crippen MR) is 169 cm³/mol. The fourth-order valence-corrected chi connectivity index (χ4v) is 7.68. The molecular formula is C35H42N4O5. The predicted octanol–water partition coefficient (Wildman–Crippen LogP) is 3.39. The van der Waals surface area contributed by atoms with Gasteiger partial charge in [-0.05, 0) is 57.5 Å². The minimum absolute atomic E-state index is 0.178. The van der Waals surface area contributed by atoms with Gasteiger partial charge >= 0.3 is 0 Å². The Morgan fingerprint density at radius 3 is 2.25 bits per heavy atom. The van der Waals surface area contributed by atoms with Crippen LogP contribution in [0, 0.1) is 11.8 Å². The Morgan fingerprint density at radius 2 is 1.59 bits per heavy atom. The van der Waals surface area contributed by atoms with Gasteiger partial charge in [-0.25, -0.2) is 0 Å². The molecule has 9 heteroatoms. The molecule has 0 radical (unpaired) electrons. The lowest BCUT2D eigenvalue weighted by Gasteiger charge is -2.39. The summed E-state index contributed by atoms with van der Waals surface area (Å²) < 4.78 is 6.91. The van der Waals surface area contributed by atoms with Gasteiger partial charge in [0.2, 0.25) is 11.8 Å². The SMILES string of the molecule is CCN(CC)c1ccc(N2CC=C[C@]34O[C@@]5(C)C=CCN(Cc6ccccc6)C(=O)[C@H]5[C@H]3C(=O)N([C@H](C)CO)C4C2=O)cc1. The number of benzene rings is 2. The number of likely N-dealkylation sites (tertiary alicyclic amines) is 1. The van der Waals surface area contributed by atoms with Gasteiger partial charge < -0.3 is 29.4 Å². The number of rotatable bonds is 8. The third-order valence-electron chi connectivity index (χ3n) is 9.82. The van der Waals surface area contributed by atoms with Crippen LogP contribution in [0.2, 0.25) is 0 Å². The quantitative estimate of drug-likeness (QED) is 0.469. The summed E-state index contributed by atoms with van der Waals surface area (Å²) in [5.41, 5.74) is 0.300. The van der Waals surface area contributed by atoms with Crippen LogP contribution in [0.15, 0.2) is 78.9 Å². The maximum atomic E-state index is 14.6. The molecule has 1 spiro atoms. The van der Waals surface area contributed by atoms with Gasteiger partial charge in [0.15, 0.2) is 0 Å². The average Bonchev–Trinajstić information content (AvgIpc) is 3.31. The van der Waals surface area contributed by atoms with E-state index in [-0.39, 0.29) is 24.3 Å². The number of ether oxygens (including phenoxy) is 1. The molecule has 2 aromatic rings. The summed E-state index contributed by atoms with van der Waals surface area (Å²) in [6.45, 7) is 10.3. The molecule has 2 aromatic carbocycles. The molecule has 232 valence electrons. The molecular weight excluding hydrogens is 556 g/mol. The van der Waals surface area contributed by atoms with E-state index in [9.17, 15) is 19.5 Å². The van der Waals surface area contributed by atoms with E-state index in [0.717, 1.165) is 24.3 Å². The Hall–Kier alpha value is -3.95. The largest absolute Gasteiger partial charge is 0.394 e. The van der Waals surface area contributed by atoms with Crippen molar-refractivity contribution in [2.24, 2.45) is 11.8 Å². The lowest BCUT2D eigenvalue weighted by Crippen LogP contribution is -2.58. The first-order valence-electron chi connectivity index (χ1n) is 15.7. The summed E-state index contributed by atoms with van der Waals surface area (Å²) in [5.74, 6) is -2.58. The molecule has 1 N–H and O–H groups in total. The lowest BCUT2D eigenvalue weighted by molar-refractivity contribution is -0.151. The molecule has 4 aliphatic heterocycles. The van der Waals surface area contributed by atoms with Gasteiger partial charge in [0.05, 0.1) is 30.1 Å². The van der Waals surface area contributed by atoms with Crippen molar-refractivity contribution in [3.05, 3.63) is 84.5 Å².